The first-order valence-electron chi connectivity index (χ1n) is 37.1. The van der Waals surface area contributed by atoms with Crippen molar-refractivity contribution in [3.05, 3.63) is 165 Å². The van der Waals surface area contributed by atoms with Crippen LogP contribution in [0.5, 0.6) is 0 Å². The van der Waals surface area contributed by atoms with Gasteiger partial charge in [-0.1, -0.05) is 103 Å². The van der Waals surface area contributed by atoms with Crippen LogP contribution < -0.4 is 21.9 Å². The summed E-state index contributed by atoms with van der Waals surface area (Å²) in [5.41, 5.74) is 0.364. The van der Waals surface area contributed by atoms with Gasteiger partial charge in [0.05, 0.1) is 79.8 Å². The van der Waals surface area contributed by atoms with Crippen LogP contribution >= 0.6 is 0 Å². The maximum absolute atomic E-state index is 15.1. The Bertz CT molecular complexity index is 4380. The molecule has 7 aromatic rings. The van der Waals surface area contributed by atoms with E-state index in [9.17, 15) is 69.9 Å². The van der Waals surface area contributed by atoms with Crippen LogP contribution in [-0.2, 0) is 75.0 Å². The fourth-order valence-corrected chi connectivity index (χ4v) is 14.9. The van der Waals surface area contributed by atoms with E-state index in [1.54, 1.807) is 108 Å². The third-order valence-electron chi connectivity index (χ3n) is 21.2. The summed E-state index contributed by atoms with van der Waals surface area (Å²) in [7, 11) is 0. The van der Waals surface area contributed by atoms with Crippen LogP contribution in [0.3, 0.4) is 0 Å². The largest absolute Gasteiger partial charge is 0.450 e. The number of hydrogen-bond acceptors (Lipinski definition) is 29. The minimum Gasteiger partial charge on any atom is -0.450 e. The molecular weight excluding hydrogens is 1440 g/mol. The SMILES string of the molecule is CCC[C@H](OC1C(OC(=O)c2ccccc2)[C@H](O[C@@H]2CC(C(=O)NCCNC(=O)C3CC(OCc4cc5ccccc5oc4=O)C(O)[C@H](O[C@@H]4OC(CO)[C@H](O)C(OCc5cc6ccccc6oc5=O)C4O)C3)CC(n3cc(-c4ccccc4)nn3)C2O[C@@H]2OC(C)[C@@H](O)C(O)C2O)OC(CO)[C@@H]1O)C(=O)N1CCC1. The number of benzene rings is 4. The summed E-state index contributed by atoms with van der Waals surface area (Å²) in [6, 6.07) is 32.3. The zero-order chi connectivity index (χ0) is 77.4. The van der Waals surface area contributed by atoms with Crippen molar-refractivity contribution in [2.45, 2.75) is 207 Å². The lowest BCUT2D eigenvalue weighted by Gasteiger charge is -2.48. The van der Waals surface area contributed by atoms with Gasteiger partial charge in [-0.2, -0.15) is 0 Å². The first-order valence-corrected chi connectivity index (χ1v) is 37.1. The fraction of sp³-hybridized carbons (Fsp3) is 0.532. The Morgan fingerprint density at radius 3 is 1.75 bits per heavy atom. The summed E-state index contributed by atoms with van der Waals surface area (Å²) in [6.45, 7) is 1.22. The monoisotopic (exact) mass is 1530 g/mol. The lowest BCUT2D eigenvalue weighted by molar-refractivity contribution is -0.348. The van der Waals surface area contributed by atoms with Gasteiger partial charge in [-0.3, -0.25) is 14.4 Å². The normalized spacial score (nSPS) is 32.2. The predicted octanol–water partition coefficient (Wildman–Crippen LogP) is 0.795. The first-order chi connectivity index (χ1) is 53.2. The van der Waals surface area contributed by atoms with Crippen LogP contribution in [-0.4, -0.2) is 258 Å². The molecule has 6 fully saturated rings. The molecule has 0 radical (unpaired) electrons. The number of nitrogens with one attached hydrogen (secondary N) is 2. The smallest absolute Gasteiger partial charge is 0.341 e. The van der Waals surface area contributed by atoms with Crippen LogP contribution in [0.15, 0.2) is 146 Å². The zero-order valence-corrected chi connectivity index (χ0v) is 60.2. The van der Waals surface area contributed by atoms with E-state index in [-0.39, 0.29) is 67.8 Å². The standard InChI is InChI=1S/C77H92N6O27/c1-3-15-52(71(95)82-26-14-27-82)102-67-61(89)57(36-85)108-77(68(67)109-72(96)41-18-8-5-9-19-41)106-55-33-44(30-49(83-34-48(80-81-83)40-16-6-4-7-17-40)65(55)110-75-63(91)62(90)58(86)39(2)101-75)69(93)78-24-25-79-70(94)45-31-53(99-37-46-28-42-20-10-12-22-50(42)103-73(46)97)59(87)54(32-45)105-76-64(92)66(60(88)56(35-84)107-76)100-38-47-29-43-21-11-13-23-51(43)104-74(47)98/h4-13,16-23,28-29,34,39,44-45,49,52-68,75-77,84-92H,3,14-15,24-27,30-33,35-38H2,1-2H3,(H,78,93)(H,79,94)/t39?,44?,45?,49?,52-,53?,54+,55+,56?,57?,58+,59?,60-,61-,62?,63?,64?,65?,66?,67?,68?,75-,76+,77+/m0/s1. The van der Waals surface area contributed by atoms with Gasteiger partial charge in [-0.05, 0) is 81.8 Å². The van der Waals surface area contributed by atoms with Gasteiger partial charge in [0, 0.05) is 54.4 Å². The molecule has 3 amide bonds. The van der Waals surface area contributed by atoms with E-state index in [0.717, 1.165) is 6.42 Å². The Morgan fingerprint density at radius 1 is 0.573 bits per heavy atom. The topological polar surface area (TPSA) is 461 Å². The van der Waals surface area contributed by atoms with Crippen molar-refractivity contribution in [1.29, 1.82) is 0 Å². The Hall–Kier alpha value is -8.40. The molecule has 6 aliphatic rings. The third kappa shape index (κ3) is 17.9. The number of para-hydroxylation sites is 2. The number of fused-ring (bicyclic) bond motifs is 2. The number of amides is 3. The highest BCUT2D eigenvalue weighted by molar-refractivity contribution is 5.89. The van der Waals surface area contributed by atoms with E-state index in [1.807, 2.05) is 13.0 Å². The van der Waals surface area contributed by atoms with Crippen LogP contribution in [0, 0.1) is 11.8 Å². The second-order valence-electron chi connectivity index (χ2n) is 28.6. The van der Waals surface area contributed by atoms with Crippen molar-refractivity contribution in [2.24, 2.45) is 11.8 Å². The molecule has 33 heteroatoms. The molecule has 2 aliphatic carbocycles. The van der Waals surface area contributed by atoms with E-state index in [2.05, 4.69) is 20.9 Å². The number of ether oxygens (including phenoxy) is 10. The molecule has 11 N–H and O–H groups in total. The number of likely N-dealkylation sites (tertiary alicyclic amines) is 1. The highest BCUT2D eigenvalue weighted by atomic mass is 16.8. The summed E-state index contributed by atoms with van der Waals surface area (Å²) < 4.78 is 75.8. The summed E-state index contributed by atoms with van der Waals surface area (Å²) in [4.78, 5) is 86.2. The molecule has 0 bridgehead atoms. The quantitative estimate of drug-likeness (QED) is 0.0183. The van der Waals surface area contributed by atoms with Gasteiger partial charge >= 0.3 is 17.2 Å². The van der Waals surface area contributed by atoms with Crippen molar-refractivity contribution in [1.82, 2.24) is 30.5 Å². The van der Waals surface area contributed by atoms with E-state index in [0.29, 0.717) is 52.7 Å². The second-order valence-corrected chi connectivity index (χ2v) is 28.6. The molecule has 7 heterocycles. The minimum absolute atomic E-state index is 0.0412. The van der Waals surface area contributed by atoms with Crippen LogP contribution in [0.1, 0.15) is 86.3 Å². The summed E-state index contributed by atoms with van der Waals surface area (Å²) in [6.07, 6.45) is -31.1. The summed E-state index contributed by atoms with van der Waals surface area (Å²) in [5, 5.41) is 118. The summed E-state index contributed by atoms with van der Waals surface area (Å²) in [5.74, 6) is -4.72. The maximum atomic E-state index is 15.1. The van der Waals surface area contributed by atoms with Crippen LogP contribution in [0.4, 0.5) is 0 Å². The molecule has 4 saturated heterocycles. The van der Waals surface area contributed by atoms with Crippen molar-refractivity contribution in [3.63, 3.8) is 0 Å². The number of nitrogens with zero attached hydrogens (tertiary/aromatic N) is 4. The first kappa shape index (κ1) is 79.7. The van der Waals surface area contributed by atoms with Gasteiger partial charge in [-0.15, -0.1) is 5.10 Å². The molecule has 592 valence electrons. The Kier molecular flexibility index (Phi) is 26.0. The van der Waals surface area contributed by atoms with Crippen molar-refractivity contribution in [3.8, 4) is 11.3 Å². The molecule has 4 aliphatic heterocycles. The van der Waals surface area contributed by atoms with Gasteiger partial charge < -0.3 is 118 Å². The van der Waals surface area contributed by atoms with Crippen LogP contribution in [0.25, 0.3) is 33.2 Å². The number of aliphatic hydroxyl groups excluding tert-OH is 9. The van der Waals surface area contributed by atoms with Gasteiger partial charge in [0.1, 0.15) is 96.2 Å². The lowest BCUT2D eigenvalue weighted by Crippen LogP contribution is -2.64. The number of carbonyl (C=O) groups excluding carboxylic acids is 4. The summed E-state index contributed by atoms with van der Waals surface area (Å²) >= 11 is 0. The van der Waals surface area contributed by atoms with Gasteiger partial charge in [0.15, 0.2) is 25.0 Å². The average Bonchev–Trinajstić information content (AvgIpc) is 1.01. The number of aromatic nitrogens is 3. The second kappa shape index (κ2) is 36.0. The molecule has 4 aromatic carbocycles. The molecule has 110 heavy (non-hydrogen) atoms. The number of aliphatic hydroxyl groups is 9. The Morgan fingerprint density at radius 2 is 1.13 bits per heavy atom. The van der Waals surface area contributed by atoms with E-state index in [1.165, 1.54) is 29.8 Å². The maximum Gasteiger partial charge on any atom is 0.341 e. The van der Waals surface area contributed by atoms with Crippen LogP contribution in [0.2, 0.25) is 0 Å². The highest BCUT2D eigenvalue weighted by Gasteiger charge is 2.56. The lowest BCUT2D eigenvalue weighted by atomic mass is 9.80. The molecule has 13 rings (SSSR count). The number of rotatable bonds is 28. The Balaban J connectivity index is 0.766. The molecule has 0 spiro atoms. The van der Waals surface area contributed by atoms with E-state index < -0.39 is 202 Å². The van der Waals surface area contributed by atoms with Gasteiger partial charge in [0.25, 0.3) is 5.91 Å². The van der Waals surface area contributed by atoms with Gasteiger partial charge in [0.2, 0.25) is 11.8 Å². The number of hydrogen-bond donors (Lipinski definition) is 11. The molecular formula is C77H92N6O27. The molecule has 24 atom stereocenters. The number of esters is 1. The highest BCUT2D eigenvalue weighted by Crippen LogP contribution is 2.42. The van der Waals surface area contributed by atoms with E-state index in [4.69, 9.17) is 56.2 Å². The Labute approximate surface area is 629 Å². The predicted molar refractivity (Wildman–Crippen MR) is 381 cm³/mol. The van der Waals surface area contributed by atoms with Gasteiger partial charge in [-0.25, -0.2) is 19.1 Å². The van der Waals surface area contributed by atoms with Crippen molar-refractivity contribution in [2.75, 3.05) is 39.4 Å². The van der Waals surface area contributed by atoms with Crippen molar-refractivity contribution >= 4 is 45.6 Å². The molecule has 3 aromatic heterocycles. The third-order valence-corrected chi connectivity index (χ3v) is 21.2. The fourth-order valence-electron chi connectivity index (χ4n) is 14.9. The molecule has 33 nitrogen and oxygen atoms in total. The number of carbonyl (C=O) groups is 4. The minimum atomic E-state index is -1.89. The van der Waals surface area contributed by atoms with Crippen molar-refractivity contribution < 1.29 is 121 Å². The zero-order valence-electron chi connectivity index (χ0n) is 60.2. The molecule has 15 unspecified atom stereocenters. The molecule has 2 saturated carbocycles. The average molecular weight is 1530 g/mol. The van der Waals surface area contributed by atoms with E-state index >= 15 is 4.79 Å².